The Labute approximate surface area is 164 Å². The molecule has 0 aliphatic carbocycles. The lowest BCUT2D eigenvalue weighted by atomic mass is 9.96. The molecule has 3 rings (SSSR count). The van der Waals surface area contributed by atoms with Crippen LogP contribution >= 0.6 is 0 Å². The van der Waals surface area contributed by atoms with Crippen molar-refractivity contribution in [3.05, 3.63) is 35.9 Å². The SMILES string of the molecule is CC(C)(C)OC(=O)N1CCC(N(Cc2ccccc2)C2CCNCC2)CC1. The zero-order valence-corrected chi connectivity index (χ0v) is 17.1. The Morgan fingerprint density at radius 1 is 1.07 bits per heavy atom. The lowest BCUT2D eigenvalue weighted by molar-refractivity contribution is 0.00767. The molecule has 27 heavy (non-hydrogen) atoms. The largest absolute Gasteiger partial charge is 0.444 e. The fraction of sp³-hybridized carbons (Fsp3) is 0.682. The van der Waals surface area contributed by atoms with Crippen LogP contribution in [0.5, 0.6) is 0 Å². The standard InChI is InChI=1S/C22H35N3O2/c1-22(2,3)27-21(26)24-15-11-20(12-16-24)25(19-9-13-23-14-10-19)17-18-7-5-4-6-8-18/h4-8,19-20,23H,9-17H2,1-3H3. The average molecular weight is 374 g/mol. The maximum Gasteiger partial charge on any atom is 0.410 e. The Morgan fingerprint density at radius 3 is 2.26 bits per heavy atom. The molecule has 1 aromatic rings. The van der Waals surface area contributed by atoms with Crippen LogP contribution in [0.15, 0.2) is 30.3 Å². The van der Waals surface area contributed by atoms with Crippen molar-refractivity contribution >= 4 is 6.09 Å². The second-order valence-electron chi connectivity index (χ2n) is 8.84. The Kier molecular flexibility index (Phi) is 6.77. The summed E-state index contributed by atoms with van der Waals surface area (Å²) >= 11 is 0. The molecule has 2 saturated heterocycles. The van der Waals surface area contributed by atoms with E-state index >= 15 is 0 Å². The molecule has 1 aromatic carbocycles. The van der Waals surface area contributed by atoms with Gasteiger partial charge in [0.15, 0.2) is 0 Å². The van der Waals surface area contributed by atoms with E-state index in [0.29, 0.717) is 12.1 Å². The normalized spacial score (nSPS) is 20.1. The van der Waals surface area contributed by atoms with Crippen molar-refractivity contribution in [2.75, 3.05) is 26.2 Å². The van der Waals surface area contributed by atoms with Crippen LogP contribution in [0.2, 0.25) is 0 Å². The van der Waals surface area contributed by atoms with Crippen LogP contribution in [-0.4, -0.2) is 59.8 Å². The van der Waals surface area contributed by atoms with Crippen molar-refractivity contribution < 1.29 is 9.53 Å². The summed E-state index contributed by atoms with van der Waals surface area (Å²) in [6, 6.07) is 11.9. The number of likely N-dealkylation sites (tertiary alicyclic amines) is 1. The van der Waals surface area contributed by atoms with Crippen LogP contribution in [0.4, 0.5) is 4.79 Å². The van der Waals surface area contributed by atoms with Gasteiger partial charge in [-0.1, -0.05) is 30.3 Å². The first-order chi connectivity index (χ1) is 12.9. The highest BCUT2D eigenvalue weighted by Crippen LogP contribution is 2.26. The second kappa shape index (κ2) is 9.07. The molecule has 5 heteroatoms. The quantitative estimate of drug-likeness (QED) is 0.875. The number of piperidine rings is 2. The van der Waals surface area contributed by atoms with E-state index in [9.17, 15) is 4.79 Å². The van der Waals surface area contributed by atoms with Gasteiger partial charge in [0.1, 0.15) is 5.60 Å². The van der Waals surface area contributed by atoms with Gasteiger partial charge in [-0.2, -0.15) is 0 Å². The van der Waals surface area contributed by atoms with Gasteiger partial charge in [0.2, 0.25) is 0 Å². The zero-order valence-electron chi connectivity index (χ0n) is 17.1. The molecule has 2 fully saturated rings. The van der Waals surface area contributed by atoms with Crippen LogP contribution in [-0.2, 0) is 11.3 Å². The topological polar surface area (TPSA) is 44.8 Å². The van der Waals surface area contributed by atoms with Gasteiger partial charge >= 0.3 is 6.09 Å². The zero-order chi connectivity index (χ0) is 19.3. The van der Waals surface area contributed by atoms with E-state index in [4.69, 9.17) is 4.74 Å². The molecule has 0 radical (unpaired) electrons. The van der Waals surface area contributed by atoms with Gasteiger partial charge in [0.25, 0.3) is 0 Å². The highest BCUT2D eigenvalue weighted by atomic mass is 16.6. The third-order valence-corrected chi connectivity index (χ3v) is 5.57. The van der Waals surface area contributed by atoms with Gasteiger partial charge in [-0.3, -0.25) is 4.90 Å². The van der Waals surface area contributed by atoms with E-state index in [1.54, 1.807) is 0 Å². The van der Waals surface area contributed by atoms with Crippen LogP contribution in [0.3, 0.4) is 0 Å². The summed E-state index contributed by atoms with van der Waals surface area (Å²) in [6.45, 7) is 10.6. The second-order valence-corrected chi connectivity index (χ2v) is 8.84. The maximum absolute atomic E-state index is 12.4. The van der Waals surface area contributed by atoms with Crippen LogP contribution in [0.25, 0.3) is 0 Å². The molecule has 2 heterocycles. The minimum absolute atomic E-state index is 0.169. The molecular formula is C22H35N3O2. The molecule has 0 bridgehead atoms. The van der Waals surface area contributed by atoms with Crippen LogP contribution in [0, 0.1) is 0 Å². The highest BCUT2D eigenvalue weighted by molar-refractivity contribution is 5.68. The molecule has 0 atom stereocenters. The van der Waals surface area contributed by atoms with E-state index in [-0.39, 0.29) is 6.09 Å². The number of ether oxygens (including phenoxy) is 1. The number of rotatable bonds is 4. The number of carbonyl (C=O) groups excluding carboxylic acids is 1. The predicted molar refractivity (Wildman–Crippen MR) is 109 cm³/mol. The summed E-state index contributed by atoms with van der Waals surface area (Å²) in [5.74, 6) is 0. The summed E-state index contributed by atoms with van der Waals surface area (Å²) in [7, 11) is 0. The molecule has 5 nitrogen and oxygen atoms in total. The monoisotopic (exact) mass is 373 g/mol. The minimum atomic E-state index is -0.428. The van der Waals surface area contributed by atoms with Crippen molar-refractivity contribution in [1.82, 2.24) is 15.1 Å². The number of carbonyl (C=O) groups is 1. The van der Waals surface area contributed by atoms with E-state index in [0.717, 1.165) is 45.6 Å². The Hall–Kier alpha value is -1.59. The third kappa shape index (κ3) is 5.94. The minimum Gasteiger partial charge on any atom is -0.444 e. The Balaban J connectivity index is 1.62. The fourth-order valence-corrected chi connectivity index (χ4v) is 4.20. The molecule has 150 valence electrons. The summed E-state index contributed by atoms with van der Waals surface area (Å²) in [4.78, 5) is 17.0. The molecule has 0 spiro atoms. The fourth-order valence-electron chi connectivity index (χ4n) is 4.20. The summed E-state index contributed by atoms with van der Waals surface area (Å²) < 4.78 is 5.55. The van der Waals surface area contributed by atoms with Gasteiger partial charge in [-0.05, 0) is 65.1 Å². The van der Waals surface area contributed by atoms with Gasteiger partial charge in [0.05, 0.1) is 0 Å². The van der Waals surface area contributed by atoms with Crippen molar-refractivity contribution in [1.29, 1.82) is 0 Å². The first-order valence-electron chi connectivity index (χ1n) is 10.4. The Morgan fingerprint density at radius 2 is 1.67 bits per heavy atom. The number of nitrogens with one attached hydrogen (secondary N) is 1. The number of hydrogen-bond donors (Lipinski definition) is 1. The first kappa shape index (κ1) is 20.2. The van der Waals surface area contributed by atoms with E-state index in [2.05, 4.69) is 40.5 Å². The number of nitrogens with zero attached hydrogens (tertiary/aromatic N) is 2. The van der Waals surface area contributed by atoms with Crippen molar-refractivity contribution in [3.8, 4) is 0 Å². The molecule has 1 amide bonds. The van der Waals surface area contributed by atoms with Gasteiger partial charge < -0.3 is 15.0 Å². The lowest BCUT2D eigenvalue weighted by Crippen LogP contribution is -2.52. The maximum atomic E-state index is 12.4. The Bertz CT molecular complexity index is 585. The molecule has 0 aromatic heterocycles. The number of benzene rings is 1. The third-order valence-electron chi connectivity index (χ3n) is 5.57. The van der Waals surface area contributed by atoms with E-state index in [1.807, 2.05) is 25.7 Å². The lowest BCUT2D eigenvalue weighted by Gasteiger charge is -2.44. The molecule has 1 N–H and O–H groups in total. The van der Waals surface area contributed by atoms with Gasteiger partial charge in [0, 0.05) is 31.7 Å². The van der Waals surface area contributed by atoms with Crippen molar-refractivity contribution in [2.24, 2.45) is 0 Å². The smallest absolute Gasteiger partial charge is 0.410 e. The van der Waals surface area contributed by atoms with Crippen molar-refractivity contribution in [2.45, 2.75) is 70.7 Å². The molecule has 0 saturated carbocycles. The summed E-state index contributed by atoms with van der Waals surface area (Å²) in [5, 5.41) is 3.48. The number of amides is 1. The molecular weight excluding hydrogens is 338 g/mol. The molecule has 2 aliphatic heterocycles. The highest BCUT2D eigenvalue weighted by Gasteiger charge is 2.33. The van der Waals surface area contributed by atoms with Crippen molar-refractivity contribution in [3.63, 3.8) is 0 Å². The van der Waals surface area contributed by atoms with Crippen LogP contribution < -0.4 is 5.32 Å². The number of hydrogen-bond acceptors (Lipinski definition) is 4. The molecule has 0 unspecified atom stereocenters. The van der Waals surface area contributed by atoms with Gasteiger partial charge in [-0.15, -0.1) is 0 Å². The molecule has 2 aliphatic rings. The summed E-state index contributed by atoms with van der Waals surface area (Å²) in [6.07, 6.45) is 4.29. The first-order valence-corrected chi connectivity index (χ1v) is 10.4. The van der Waals surface area contributed by atoms with E-state index < -0.39 is 5.60 Å². The average Bonchev–Trinajstić information content (AvgIpc) is 2.66. The van der Waals surface area contributed by atoms with E-state index in [1.165, 1.54) is 18.4 Å². The van der Waals surface area contributed by atoms with Gasteiger partial charge in [-0.25, -0.2) is 4.79 Å². The summed E-state index contributed by atoms with van der Waals surface area (Å²) in [5.41, 5.74) is 0.952. The van der Waals surface area contributed by atoms with Crippen LogP contribution in [0.1, 0.15) is 52.0 Å². The predicted octanol–water partition coefficient (Wildman–Crippen LogP) is 3.64.